The summed E-state index contributed by atoms with van der Waals surface area (Å²) in [7, 11) is 0. The molecule has 24 heavy (non-hydrogen) atoms. The largest absolute Gasteiger partial charge is 0.490 e. The number of amides is 1. The summed E-state index contributed by atoms with van der Waals surface area (Å²) in [5, 5.41) is 12.2. The first-order valence-electron chi connectivity index (χ1n) is 8.42. The Bertz CT molecular complexity index is 658. The number of nitrogens with one attached hydrogen (secondary N) is 1. The fourth-order valence-electron chi connectivity index (χ4n) is 2.65. The van der Waals surface area contributed by atoms with Crippen LogP contribution in [0.4, 0.5) is 0 Å². The zero-order valence-electron chi connectivity index (χ0n) is 14.1. The second-order valence-corrected chi connectivity index (χ2v) is 7.01. The van der Waals surface area contributed by atoms with Crippen molar-refractivity contribution in [1.29, 1.82) is 5.26 Å². The van der Waals surface area contributed by atoms with Crippen LogP contribution in [-0.4, -0.2) is 18.1 Å². The highest BCUT2D eigenvalue weighted by atomic mass is 79.9. The van der Waals surface area contributed by atoms with Crippen molar-refractivity contribution < 1.29 is 9.53 Å². The molecule has 1 aromatic carbocycles. The topological polar surface area (TPSA) is 62.1 Å². The summed E-state index contributed by atoms with van der Waals surface area (Å²) in [6.45, 7) is 4.08. The number of nitrogens with zero attached hydrogens (tertiary/aromatic N) is 1. The molecule has 1 N–H and O–H groups in total. The monoisotopic (exact) mass is 390 g/mol. The smallest absolute Gasteiger partial charge is 0.262 e. The first-order valence-corrected chi connectivity index (χ1v) is 9.21. The highest BCUT2D eigenvalue weighted by molar-refractivity contribution is 9.10. The van der Waals surface area contributed by atoms with Gasteiger partial charge >= 0.3 is 0 Å². The Morgan fingerprint density at radius 2 is 2.21 bits per heavy atom. The van der Waals surface area contributed by atoms with Gasteiger partial charge in [0, 0.05) is 6.04 Å². The number of benzene rings is 1. The second kappa shape index (κ2) is 8.89. The van der Waals surface area contributed by atoms with E-state index in [1.165, 1.54) is 0 Å². The van der Waals surface area contributed by atoms with Gasteiger partial charge in [-0.25, -0.2) is 0 Å². The van der Waals surface area contributed by atoms with Gasteiger partial charge in [0.25, 0.3) is 5.91 Å². The van der Waals surface area contributed by atoms with E-state index in [0.29, 0.717) is 0 Å². The lowest BCUT2D eigenvalue weighted by molar-refractivity contribution is -0.117. The highest BCUT2D eigenvalue weighted by Crippen LogP contribution is 2.28. The minimum atomic E-state index is -0.291. The molecule has 4 nitrogen and oxygen atoms in total. The van der Waals surface area contributed by atoms with Gasteiger partial charge in [-0.15, -0.1) is 0 Å². The van der Waals surface area contributed by atoms with Crippen molar-refractivity contribution in [2.45, 2.75) is 58.1 Å². The molecule has 1 aliphatic carbocycles. The summed E-state index contributed by atoms with van der Waals surface area (Å²) >= 11 is 3.49. The average Bonchev–Trinajstić information content (AvgIpc) is 3.07. The molecule has 1 amide bonds. The van der Waals surface area contributed by atoms with E-state index in [2.05, 4.69) is 28.2 Å². The van der Waals surface area contributed by atoms with Gasteiger partial charge in [-0.05, 0) is 65.9 Å². The van der Waals surface area contributed by atoms with E-state index >= 15 is 0 Å². The number of halogens is 1. The van der Waals surface area contributed by atoms with Crippen LogP contribution < -0.4 is 10.1 Å². The molecule has 1 aromatic rings. The molecule has 1 atom stereocenters. The van der Waals surface area contributed by atoms with Crippen molar-refractivity contribution in [1.82, 2.24) is 5.32 Å². The summed E-state index contributed by atoms with van der Waals surface area (Å²) in [6.07, 6.45) is 6.95. The van der Waals surface area contributed by atoms with Gasteiger partial charge in [0.05, 0.1) is 10.6 Å². The predicted octanol–water partition coefficient (Wildman–Crippen LogP) is 4.59. The van der Waals surface area contributed by atoms with Gasteiger partial charge in [-0.1, -0.05) is 25.8 Å². The van der Waals surface area contributed by atoms with Crippen LogP contribution >= 0.6 is 15.9 Å². The molecule has 1 aliphatic rings. The molecule has 128 valence electrons. The Balaban J connectivity index is 2.11. The minimum absolute atomic E-state index is 0.129. The van der Waals surface area contributed by atoms with Crippen molar-refractivity contribution in [2.24, 2.45) is 0 Å². The first-order chi connectivity index (χ1) is 11.5. The van der Waals surface area contributed by atoms with Crippen molar-refractivity contribution in [3.05, 3.63) is 33.8 Å². The molecule has 0 saturated heterocycles. The van der Waals surface area contributed by atoms with E-state index < -0.39 is 0 Å². The van der Waals surface area contributed by atoms with Gasteiger partial charge in [-0.3, -0.25) is 4.79 Å². The van der Waals surface area contributed by atoms with Gasteiger partial charge in [0.15, 0.2) is 0 Å². The fourth-order valence-corrected chi connectivity index (χ4v) is 3.14. The van der Waals surface area contributed by atoms with Crippen LogP contribution in [0.3, 0.4) is 0 Å². The summed E-state index contributed by atoms with van der Waals surface area (Å²) < 4.78 is 6.62. The SMILES string of the molecule is CC[C@@H](C)Oc1ccc(/C=C(/C#N)C(=O)NC2CCCC2)cc1Br. The Kier molecular flexibility index (Phi) is 6.86. The highest BCUT2D eigenvalue weighted by Gasteiger charge is 2.19. The number of ether oxygens (including phenoxy) is 1. The number of hydrogen-bond donors (Lipinski definition) is 1. The third kappa shape index (κ3) is 5.10. The van der Waals surface area contributed by atoms with Crippen LogP contribution in [0.25, 0.3) is 6.08 Å². The molecule has 0 bridgehead atoms. The van der Waals surface area contributed by atoms with Crippen molar-refractivity contribution in [3.8, 4) is 11.8 Å². The standard InChI is InChI=1S/C19H23BrN2O2/c1-3-13(2)24-18-9-8-14(11-17(18)20)10-15(12-21)19(23)22-16-6-4-5-7-16/h8-11,13,16H,3-7H2,1-2H3,(H,22,23)/b15-10-/t13-/m1/s1. The molecule has 0 aliphatic heterocycles. The molecule has 0 aromatic heterocycles. The van der Waals surface area contributed by atoms with Crippen LogP contribution in [0.1, 0.15) is 51.5 Å². The predicted molar refractivity (Wildman–Crippen MR) is 98.5 cm³/mol. The van der Waals surface area contributed by atoms with Crippen LogP contribution in [-0.2, 0) is 4.79 Å². The zero-order chi connectivity index (χ0) is 17.5. The molecule has 0 unspecified atom stereocenters. The zero-order valence-corrected chi connectivity index (χ0v) is 15.7. The van der Waals surface area contributed by atoms with Crippen LogP contribution in [0.5, 0.6) is 5.75 Å². The summed E-state index contributed by atoms with van der Waals surface area (Å²) in [5.41, 5.74) is 0.917. The van der Waals surface area contributed by atoms with Gasteiger partial charge in [-0.2, -0.15) is 5.26 Å². The van der Waals surface area contributed by atoms with E-state index in [4.69, 9.17) is 4.74 Å². The van der Waals surface area contributed by atoms with E-state index in [1.807, 2.05) is 31.2 Å². The molecule has 0 heterocycles. The number of rotatable bonds is 6. The van der Waals surface area contributed by atoms with E-state index in [-0.39, 0.29) is 23.6 Å². The van der Waals surface area contributed by atoms with Gasteiger partial charge in [0.1, 0.15) is 17.4 Å². The summed E-state index contributed by atoms with van der Waals surface area (Å²) in [5.74, 6) is 0.468. The van der Waals surface area contributed by atoms with Crippen LogP contribution in [0.15, 0.2) is 28.2 Å². The Hall–Kier alpha value is -1.80. The Morgan fingerprint density at radius 3 is 2.79 bits per heavy atom. The van der Waals surface area contributed by atoms with Crippen molar-refractivity contribution in [3.63, 3.8) is 0 Å². The van der Waals surface area contributed by atoms with E-state index in [1.54, 1.807) is 6.08 Å². The number of nitriles is 1. The van der Waals surface area contributed by atoms with Crippen molar-refractivity contribution in [2.75, 3.05) is 0 Å². The molecular weight excluding hydrogens is 368 g/mol. The Morgan fingerprint density at radius 1 is 1.50 bits per heavy atom. The van der Waals surface area contributed by atoms with Crippen LogP contribution in [0, 0.1) is 11.3 Å². The lowest BCUT2D eigenvalue weighted by Crippen LogP contribution is -2.33. The average molecular weight is 391 g/mol. The molecule has 5 heteroatoms. The first kappa shape index (κ1) is 18.5. The molecule has 2 rings (SSSR count). The summed E-state index contributed by atoms with van der Waals surface area (Å²) in [4.78, 5) is 12.2. The number of carbonyl (C=O) groups is 1. The number of carbonyl (C=O) groups excluding carboxylic acids is 1. The molecular formula is C19H23BrN2O2. The number of hydrogen-bond acceptors (Lipinski definition) is 3. The van der Waals surface area contributed by atoms with Crippen LogP contribution in [0.2, 0.25) is 0 Å². The lowest BCUT2D eigenvalue weighted by atomic mass is 10.1. The quantitative estimate of drug-likeness (QED) is 0.570. The van der Waals surface area contributed by atoms with Gasteiger partial charge in [0.2, 0.25) is 0 Å². The summed E-state index contributed by atoms with van der Waals surface area (Å²) in [6, 6.07) is 7.77. The maximum atomic E-state index is 12.2. The third-order valence-electron chi connectivity index (χ3n) is 4.23. The van der Waals surface area contributed by atoms with Crippen molar-refractivity contribution >= 4 is 27.9 Å². The third-order valence-corrected chi connectivity index (χ3v) is 4.85. The Labute approximate surface area is 152 Å². The van der Waals surface area contributed by atoms with Gasteiger partial charge < -0.3 is 10.1 Å². The fraction of sp³-hybridized carbons (Fsp3) is 0.474. The lowest BCUT2D eigenvalue weighted by Gasteiger charge is -2.14. The molecule has 1 saturated carbocycles. The minimum Gasteiger partial charge on any atom is -0.490 e. The second-order valence-electron chi connectivity index (χ2n) is 6.15. The maximum Gasteiger partial charge on any atom is 0.262 e. The molecule has 0 spiro atoms. The molecule has 1 fully saturated rings. The molecule has 0 radical (unpaired) electrons. The maximum absolute atomic E-state index is 12.2. The normalized spacial score (nSPS) is 16.5. The van der Waals surface area contributed by atoms with E-state index in [0.717, 1.165) is 47.9 Å². The van der Waals surface area contributed by atoms with E-state index in [9.17, 15) is 10.1 Å².